The molecule has 0 radical (unpaired) electrons. The molecular formula is C21H26F2N4O. The summed E-state index contributed by atoms with van der Waals surface area (Å²) in [4.78, 5) is 16.8. The highest BCUT2D eigenvalue weighted by molar-refractivity contribution is 5.83. The van der Waals surface area contributed by atoms with Gasteiger partial charge in [-0.1, -0.05) is 44.2 Å². The van der Waals surface area contributed by atoms with Crippen LogP contribution >= 0.6 is 0 Å². The van der Waals surface area contributed by atoms with Crippen molar-refractivity contribution in [3.05, 3.63) is 64.7 Å². The zero-order valence-corrected chi connectivity index (χ0v) is 16.1. The van der Waals surface area contributed by atoms with E-state index in [1.807, 2.05) is 38.1 Å². The first kappa shape index (κ1) is 20.4. The molecule has 1 amide bonds. The van der Waals surface area contributed by atoms with Crippen molar-refractivity contribution in [2.45, 2.75) is 51.0 Å². The van der Waals surface area contributed by atoms with Gasteiger partial charge in [-0.3, -0.25) is 4.79 Å². The van der Waals surface area contributed by atoms with E-state index in [-0.39, 0.29) is 24.8 Å². The summed E-state index contributed by atoms with van der Waals surface area (Å²) in [5.41, 5.74) is 8.27. The van der Waals surface area contributed by atoms with Crippen molar-refractivity contribution in [2.75, 3.05) is 6.54 Å². The van der Waals surface area contributed by atoms with Gasteiger partial charge in [0.1, 0.15) is 6.17 Å². The molecule has 28 heavy (non-hydrogen) atoms. The molecule has 3 atom stereocenters. The van der Waals surface area contributed by atoms with Crippen LogP contribution in [-0.4, -0.2) is 29.6 Å². The van der Waals surface area contributed by atoms with Crippen molar-refractivity contribution in [3.63, 3.8) is 0 Å². The fourth-order valence-electron chi connectivity index (χ4n) is 3.41. The number of carbonyl (C=O) groups is 1. The maximum Gasteiger partial charge on any atom is 0.238 e. The maximum atomic E-state index is 14.5. The summed E-state index contributed by atoms with van der Waals surface area (Å²) in [6.45, 7) is 4.28. The van der Waals surface area contributed by atoms with Crippen LogP contribution in [0.25, 0.3) is 0 Å². The molecule has 2 heterocycles. The van der Waals surface area contributed by atoms with Gasteiger partial charge in [0.15, 0.2) is 0 Å². The molecule has 0 aliphatic carbocycles. The topological polar surface area (TPSA) is 80.0 Å². The number of carbonyl (C=O) groups excluding carboxylic acids is 1. The molecule has 4 N–H and O–H groups in total. The Hall–Kier alpha value is -2.38. The fourth-order valence-corrected chi connectivity index (χ4v) is 3.41. The number of benzene rings is 1. The molecular weight excluding hydrogens is 362 g/mol. The van der Waals surface area contributed by atoms with Gasteiger partial charge in [-0.25, -0.2) is 9.37 Å². The highest BCUT2D eigenvalue weighted by Crippen LogP contribution is 2.25. The summed E-state index contributed by atoms with van der Waals surface area (Å²) in [7, 11) is 0. The summed E-state index contributed by atoms with van der Waals surface area (Å²) < 4.78 is 28.0. The van der Waals surface area contributed by atoms with Gasteiger partial charge in [0.05, 0.1) is 17.8 Å². The molecule has 2 aromatic rings. The number of amides is 1. The van der Waals surface area contributed by atoms with E-state index < -0.39 is 24.2 Å². The minimum Gasteiger partial charge on any atom is -0.342 e. The number of nitrogens with two attached hydrogens (primary N) is 1. The normalized spacial score (nSPS) is 20.4. The molecule has 3 rings (SSSR count). The van der Waals surface area contributed by atoms with E-state index in [4.69, 9.17) is 5.73 Å². The molecule has 0 saturated carbocycles. The fraction of sp³-hybridized carbons (Fsp3) is 0.429. The lowest BCUT2D eigenvalue weighted by Crippen LogP contribution is -2.42. The molecule has 5 nitrogen and oxygen atoms in total. The largest absolute Gasteiger partial charge is 0.342 e. The van der Waals surface area contributed by atoms with E-state index in [2.05, 4.69) is 15.6 Å². The number of halogens is 2. The molecule has 1 fully saturated rings. The minimum absolute atomic E-state index is 0.000615. The van der Waals surface area contributed by atoms with Crippen molar-refractivity contribution >= 4 is 5.91 Å². The van der Waals surface area contributed by atoms with Crippen LogP contribution in [0.1, 0.15) is 54.6 Å². The Morgan fingerprint density at radius 2 is 2.14 bits per heavy atom. The predicted octanol–water partition coefficient (Wildman–Crippen LogP) is 2.71. The number of hydrogen-bond donors (Lipinski definition) is 3. The lowest BCUT2D eigenvalue weighted by molar-refractivity contribution is -0.123. The summed E-state index contributed by atoms with van der Waals surface area (Å²) in [5.74, 6) is -0.887. The molecule has 0 bridgehead atoms. The summed E-state index contributed by atoms with van der Waals surface area (Å²) in [6, 6.07) is 9.55. The lowest BCUT2D eigenvalue weighted by Gasteiger charge is -2.22. The van der Waals surface area contributed by atoms with Gasteiger partial charge < -0.3 is 16.4 Å². The predicted molar refractivity (Wildman–Crippen MR) is 104 cm³/mol. The van der Waals surface area contributed by atoms with Crippen molar-refractivity contribution in [1.82, 2.24) is 15.6 Å². The van der Waals surface area contributed by atoms with Crippen LogP contribution in [0.2, 0.25) is 0 Å². The number of rotatable bonds is 6. The summed E-state index contributed by atoms with van der Waals surface area (Å²) in [5, 5.41) is 5.77. The summed E-state index contributed by atoms with van der Waals surface area (Å²) in [6.07, 6.45) is -0.925. The average molecular weight is 388 g/mol. The highest BCUT2D eigenvalue weighted by atomic mass is 19.1. The van der Waals surface area contributed by atoms with Crippen molar-refractivity contribution in [2.24, 2.45) is 5.73 Å². The second-order valence-electron chi connectivity index (χ2n) is 7.46. The van der Waals surface area contributed by atoms with Crippen LogP contribution in [-0.2, 0) is 11.3 Å². The van der Waals surface area contributed by atoms with Gasteiger partial charge in [0, 0.05) is 25.1 Å². The monoisotopic (exact) mass is 388 g/mol. The van der Waals surface area contributed by atoms with Crippen molar-refractivity contribution < 1.29 is 13.6 Å². The van der Waals surface area contributed by atoms with Gasteiger partial charge in [-0.05, 0) is 23.1 Å². The lowest BCUT2D eigenvalue weighted by atomic mass is 9.98. The van der Waals surface area contributed by atoms with Crippen molar-refractivity contribution in [3.8, 4) is 0 Å². The zero-order chi connectivity index (χ0) is 20.3. The number of alkyl halides is 1. The van der Waals surface area contributed by atoms with Gasteiger partial charge in [0.2, 0.25) is 11.9 Å². The van der Waals surface area contributed by atoms with Gasteiger partial charge in [-0.15, -0.1) is 0 Å². The van der Waals surface area contributed by atoms with Gasteiger partial charge >= 0.3 is 0 Å². The van der Waals surface area contributed by atoms with Crippen molar-refractivity contribution in [1.29, 1.82) is 0 Å². The molecule has 7 heteroatoms. The van der Waals surface area contributed by atoms with E-state index in [9.17, 15) is 13.6 Å². The second-order valence-corrected chi connectivity index (χ2v) is 7.46. The zero-order valence-electron chi connectivity index (χ0n) is 16.1. The molecule has 150 valence electrons. The van der Waals surface area contributed by atoms with E-state index >= 15 is 0 Å². The number of nitrogens with one attached hydrogen (secondary N) is 2. The van der Waals surface area contributed by atoms with Crippen LogP contribution in [0.15, 0.2) is 36.4 Å². The van der Waals surface area contributed by atoms with Crippen LogP contribution in [0.4, 0.5) is 8.78 Å². The Bertz CT molecular complexity index is 843. The smallest absolute Gasteiger partial charge is 0.238 e. The SMILES string of the molecule is CC(C)c1ccc([C@H](NC(=O)C2CC(F)CN2)c2cccc(CN)c2)nc1F. The van der Waals surface area contributed by atoms with Crippen LogP contribution in [0, 0.1) is 5.95 Å². The van der Waals surface area contributed by atoms with Gasteiger partial charge in [-0.2, -0.15) is 4.39 Å². The van der Waals surface area contributed by atoms with E-state index in [1.165, 1.54) is 0 Å². The molecule has 1 aliphatic rings. The first-order valence-corrected chi connectivity index (χ1v) is 9.52. The highest BCUT2D eigenvalue weighted by Gasteiger charge is 2.31. The standard InChI is InChI=1S/C21H26F2N4O/c1-12(2)16-6-7-17(26-20(16)23)19(14-5-3-4-13(8-14)10-24)27-21(28)18-9-15(22)11-25-18/h3-8,12,15,18-19,25H,9-11,24H2,1-2H3,(H,27,28)/t15?,18?,19-/m1/s1. The quantitative estimate of drug-likeness (QED) is 0.665. The maximum absolute atomic E-state index is 14.5. The minimum atomic E-state index is -1.05. The molecule has 2 unspecified atom stereocenters. The first-order chi connectivity index (χ1) is 13.4. The number of aromatic nitrogens is 1. The average Bonchev–Trinajstić information content (AvgIpc) is 3.12. The first-order valence-electron chi connectivity index (χ1n) is 9.52. The number of pyridine rings is 1. The number of hydrogen-bond acceptors (Lipinski definition) is 4. The third kappa shape index (κ3) is 4.54. The molecule has 1 aliphatic heterocycles. The molecule has 1 aromatic heterocycles. The Morgan fingerprint density at radius 1 is 1.36 bits per heavy atom. The third-order valence-corrected chi connectivity index (χ3v) is 5.02. The molecule has 1 aromatic carbocycles. The Balaban J connectivity index is 1.94. The van der Waals surface area contributed by atoms with Crippen LogP contribution in [0.5, 0.6) is 0 Å². The Morgan fingerprint density at radius 3 is 2.75 bits per heavy atom. The Labute approximate surface area is 163 Å². The second kappa shape index (κ2) is 8.75. The van der Waals surface area contributed by atoms with Gasteiger partial charge in [0.25, 0.3) is 0 Å². The Kier molecular flexibility index (Phi) is 6.36. The summed E-state index contributed by atoms with van der Waals surface area (Å²) >= 11 is 0. The number of nitrogens with zero attached hydrogens (tertiary/aromatic N) is 1. The van der Waals surface area contributed by atoms with E-state index in [0.29, 0.717) is 17.8 Å². The molecule has 0 spiro atoms. The third-order valence-electron chi connectivity index (χ3n) is 5.02. The van der Waals surface area contributed by atoms with Crippen LogP contribution < -0.4 is 16.4 Å². The van der Waals surface area contributed by atoms with Crippen LogP contribution in [0.3, 0.4) is 0 Å². The van der Waals surface area contributed by atoms with E-state index in [0.717, 1.165) is 11.1 Å². The molecule has 1 saturated heterocycles. The van der Waals surface area contributed by atoms with E-state index in [1.54, 1.807) is 12.1 Å².